The van der Waals surface area contributed by atoms with Crippen molar-refractivity contribution in [3.05, 3.63) is 23.8 Å². The van der Waals surface area contributed by atoms with Gasteiger partial charge in [-0.2, -0.15) is 5.26 Å². The lowest BCUT2D eigenvalue weighted by Gasteiger charge is -2.21. The largest absolute Gasteiger partial charge is 0.454 e. The summed E-state index contributed by atoms with van der Waals surface area (Å²) in [5.74, 6) is 0.441. The summed E-state index contributed by atoms with van der Waals surface area (Å²) in [7, 11) is 1.38. The molecule has 0 radical (unpaired) electrons. The molecule has 2 rings (SSSR count). The summed E-state index contributed by atoms with van der Waals surface area (Å²) in [6, 6.07) is 4.08. The van der Waals surface area contributed by atoms with Crippen LogP contribution in [-0.2, 0) is 4.79 Å². The van der Waals surface area contributed by atoms with Crippen molar-refractivity contribution < 1.29 is 19.1 Å². The van der Waals surface area contributed by atoms with Crippen molar-refractivity contribution in [1.82, 2.24) is 10.2 Å². The monoisotopic (exact) mass is 317 g/mol. The normalized spacial score (nSPS) is 13.3. The minimum absolute atomic E-state index is 0.127. The number of hydrogen-bond acceptors (Lipinski definition) is 5. The predicted octanol–water partition coefficient (Wildman–Crippen LogP) is 1.50. The molecule has 7 heteroatoms. The number of likely N-dealkylation sites (N-methyl/N-ethyl adjacent to an activating group) is 1. The highest BCUT2D eigenvalue weighted by atomic mass is 16.7. The highest BCUT2D eigenvalue weighted by molar-refractivity contribution is 5.98. The lowest BCUT2D eigenvalue weighted by atomic mass is 10.0. The van der Waals surface area contributed by atoms with Crippen LogP contribution in [0.15, 0.2) is 18.2 Å². The molecule has 0 aliphatic carbocycles. The first kappa shape index (κ1) is 16.6. The SMILES string of the molecule is CC(C)CC(NC(=O)c1ccc2c(c1)OCO2)C(=O)N(C)C#N. The van der Waals surface area contributed by atoms with Gasteiger partial charge in [0.1, 0.15) is 6.04 Å². The summed E-state index contributed by atoms with van der Waals surface area (Å²) < 4.78 is 10.4. The Morgan fingerprint density at radius 3 is 2.70 bits per heavy atom. The summed E-state index contributed by atoms with van der Waals surface area (Å²) in [4.78, 5) is 25.5. The van der Waals surface area contributed by atoms with E-state index in [2.05, 4.69) is 5.32 Å². The Morgan fingerprint density at radius 2 is 2.04 bits per heavy atom. The van der Waals surface area contributed by atoms with E-state index >= 15 is 0 Å². The van der Waals surface area contributed by atoms with Crippen LogP contribution in [0.4, 0.5) is 0 Å². The van der Waals surface area contributed by atoms with Crippen LogP contribution in [0.1, 0.15) is 30.6 Å². The number of nitrogens with zero attached hydrogens (tertiary/aromatic N) is 2. The van der Waals surface area contributed by atoms with Crippen LogP contribution in [0.2, 0.25) is 0 Å². The summed E-state index contributed by atoms with van der Waals surface area (Å²) in [5.41, 5.74) is 0.371. The van der Waals surface area contributed by atoms with Gasteiger partial charge < -0.3 is 14.8 Å². The van der Waals surface area contributed by atoms with Gasteiger partial charge in [-0.15, -0.1) is 0 Å². The van der Waals surface area contributed by atoms with Crippen LogP contribution in [0.3, 0.4) is 0 Å². The standard InChI is InChI=1S/C16H19N3O4/c1-10(2)6-12(16(21)19(3)8-17)18-15(20)11-4-5-13-14(7-11)23-9-22-13/h4-5,7,10,12H,6,9H2,1-3H3,(H,18,20). The van der Waals surface area contributed by atoms with Crippen LogP contribution in [0.5, 0.6) is 11.5 Å². The smallest absolute Gasteiger partial charge is 0.257 e. The second-order valence-corrected chi connectivity index (χ2v) is 5.72. The molecule has 1 atom stereocenters. The van der Waals surface area contributed by atoms with Crippen LogP contribution in [-0.4, -0.2) is 36.6 Å². The van der Waals surface area contributed by atoms with E-state index in [1.807, 2.05) is 13.8 Å². The molecule has 0 spiro atoms. The van der Waals surface area contributed by atoms with E-state index in [0.29, 0.717) is 23.5 Å². The zero-order chi connectivity index (χ0) is 17.0. The van der Waals surface area contributed by atoms with Crippen LogP contribution < -0.4 is 14.8 Å². The first-order chi connectivity index (χ1) is 10.9. The second kappa shape index (κ2) is 7.01. The number of carbonyl (C=O) groups is 2. The number of hydrogen-bond donors (Lipinski definition) is 1. The summed E-state index contributed by atoms with van der Waals surface area (Å²) in [6.45, 7) is 4.01. The third kappa shape index (κ3) is 3.92. The van der Waals surface area contributed by atoms with E-state index < -0.39 is 17.9 Å². The maximum Gasteiger partial charge on any atom is 0.257 e. The molecule has 122 valence electrons. The van der Waals surface area contributed by atoms with Gasteiger partial charge >= 0.3 is 0 Å². The molecule has 0 saturated heterocycles. The van der Waals surface area contributed by atoms with E-state index in [4.69, 9.17) is 14.7 Å². The Labute approximate surface area is 134 Å². The van der Waals surface area contributed by atoms with Gasteiger partial charge in [0.15, 0.2) is 17.7 Å². The highest BCUT2D eigenvalue weighted by Gasteiger charge is 2.26. The van der Waals surface area contributed by atoms with Crippen molar-refractivity contribution in [1.29, 1.82) is 5.26 Å². The Hall–Kier alpha value is -2.75. The van der Waals surface area contributed by atoms with Crippen molar-refractivity contribution in [3.63, 3.8) is 0 Å². The van der Waals surface area contributed by atoms with Crippen molar-refractivity contribution in [2.45, 2.75) is 26.3 Å². The lowest BCUT2D eigenvalue weighted by molar-refractivity contribution is -0.129. The first-order valence-corrected chi connectivity index (χ1v) is 7.30. The number of rotatable bonds is 5. The van der Waals surface area contributed by atoms with Crippen LogP contribution >= 0.6 is 0 Å². The second-order valence-electron chi connectivity index (χ2n) is 5.72. The molecule has 1 aromatic carbocycles. The number of nitrogens with one attached hydrogen (secondary N) is 1. The summed E-state index contributed by atoms with van der Waals surface area (Å²) in [6.07, 6.45) is 2.21. The Bertz CT molecular complexity index is 651. The highest BCUT2D eigenvalue weighted by Crippen LogP contribution is 2.32. The minimum Gasteiger partial charge on any atom is -0.454 e. The maximum atomic E-state index is 12.4. The van der Waals surface area contributed by atoms with Gasteiger partial charge in [-0.3, -0.25) is 14.5 Å². The van der Waals surface area contributed by atoms with Crippen molar-refractivity contribution in [2.75, 3.05) is 13.8 Å². The fraction of sp³-hybridized carbons (Fsp3) is 0.438. The van der Waals surface area contributed by atoms with Crippen LogP contribution in [0, 0.1) is 17.4 Å². The zero-order valence-electron chi connectivity index (χ0n) is 13.3. The van der Waals surface area contributed by atoms with E-state index in [1.54, 1.807) is 24.4 Å². The van der Waals surface area contributed by atoms with E-state index in [9.17, 15) is 9.59 Å². The molecule has 1 aliphatic rings. The molecule has 0 aromatic heterocycles. The molecule has 1 aromatic rings. The van der Waals surface area contributed by atoms with E-state index in [1.165, 1.54) is 7.05 Å². The topological polar surface area (TPSA) is 91.7 Å². The molecular formula is C16H19N3O4. The fourth-order valence-electron chi connectivity index (χ4n) is 2.26. The quantitative estimate of drug-likeness (QED) is 0.656. The number of amides is 2. The van der Waals surface area contributed by atoms with Crippen molar-refractivity contribution >= 4 is 11.8 Å². The number of fused-ring (bicyclic) bond motifs is 1. The molecule has 0 fully saturated rings. The van der Waals surface area contributed by atoms with Crippen LogP contribution in [0.25, 0.3) is 0 Å². The Balaban J connectivity index is 2.13. The van der Waals surface area contributed by atoms with Gasteiger partial charge in [-0.1, -0.05) is 13.8 Å². The van der Waals surface area contributed by atoms with Gasteiger partial charge in [0, 0.05) is 12.6 Å². The molecule has 23 heavy (non-hydrogen) atoms. The Morgan fingerprint density at radius 1 is 1.35 bits per heavy atom. The van der Waals surface area contributed by atoms with Gasteiger partial charge in [-0.25, -0.2) is 0 Å². The summed E-state index contributed by atoms with van der Waals surface area (Å²) in [5, 5.41) is 11.6. The van der Waals surface area contributed by atoms with E-state index in [-0.39, 0.29) is 12.7 Å². The molecule has 1 heterocycles. The summed E-state index contributed by atoms with van der Waals surface area (Å²) >= 11 is 0. The molecule has 2 amide bonds. The molecule has 7 nitrogen and oxygen atoms in total. The molecule has 0 bridgehead atoms. The maximum absolute atomic E-state index is 12.4. The number of carbonyl (C=O) groups excluding carboxylic acids is 2. The number of benzene rings is 1. The third-order valence-corrected chi connectivity index (χ3v) is 3.43. The van der Waals surface area contributed by atoms with Gasteiger partial charge in [-0.05, 0) is 30.5 Å². The number of ether oxygens (including phenoxy) is 2. The average Bonchev–Trinajstić information content (AvgIpc) is 2.99. The molecular weight excluding hydrogens is 298 g/mol. The van der Waals surface area contributed by atoms with Gasteiger partial charge in [0.2, 0.25) is 6.79 Å². The predicted molar refractivity (Wildman–Crippen MR) is 81.7 cm³/mol. The lowest BCUT2D eigenvalue weighted by Crippen LogP contribution is -2.46. The third-order valence-electron chi connectivity index (χ3n) is 3.43. The number of nitriles is 1. The molecule has 0 saturated carbocycles. The zero-order valence-corrected chi connectivity index (χ0v) is 13.3. The van der Waals surface area contributed by atoms with Gasteiger partial charge in [0.25, 0.3) is 11.8 Å². The van der Waals surface area contributed by atoms with Crippen molar-refractivity contribution in [2.24, 2.45) is 5.92 Å². The Kier molecular flexibility index (Phi) is 5.06. The minimum atomic E-state index is -0.752. The fourth-order valence-corrected chi connectivity index (χ4v) is 2.26. The van der Waals surface area contributed by atoms with Crippen molar-refractivity contribution in [3.8, 4) is 17.7 Å². The molecule has 1 aliphatic heterocycles. The van der Waals surface area contributed by atoms with Gasteiger partial charge in [0.05, 0.1) is 0 Å². The molecule has 1 N–H and O–H groups in total. The molecule has 1 unspecified atom stereocenters. The van der Waals surface area contributed by atoms with E-state index in [0.717, 1.165) is 4.90 Å². The average molecular weight is 317 g/mol. The first-order valence-electron chi connectivity index (χ1n) is 7.30.